The fraction of sp³-hybridized carbons (Fsp3) is 0.292. The van der Waals surface area contributed by atoms with Gasteiger partial charge in [-0.15, -0.1) is 0 Å². The van der Waals surface area contributed by atoms with Crippen LogP contribution in [-0.2, 0) is 20.7 Å². The number of carbonyl (C=O) groups is 3. The Morgan fingerprint density at radius 3 is 2.34 bits per heavy atom. The molecular weight excluding hydrogens is 456 g/mol. The molecule has 0 saturated heterocycles. The Balaban J connectivity index is 1.56. The highest BCUT2D eigenvalue weighted by atomic mass is 16.6. The Morgan fingerprint density at radius 1 is 1.03 bits per heavy atom. The summed E-state index contributed by atoms with van der Waals surface area (Å²) in [5, 5.41) is 8.81. The molecule has 0 unspecified atom stereocenters. The predicted molar refractivity (Wildman–Crippen MR) is 123 cm³/mol. The summed E-state index contributed by atoms with van der Waals surface area (Å²) in [5.41, 5.74) is 0.751. The third kappa shape index (κ3) is 7.84. The molecule has 1 aromatic heterocycles. The third-order valence-electron chi connectivity index (χ3n) is 4.46. The van der Waals surface area contributed by atoms with Gasteiger partial charge in [-0.1, -0.05) is 30.3 Å². The molecule has 0 fully saturated rings. The number of anilines is 1. The lowest BCUT2D eigenvalue weighted by atomic mass is 10.1. The molecule has 0 aliphatic carbocycles. The Morgan fingerprint density at radius 2 is 1.71 bits per heavy atom. The molecule has 0 aliphatic rings. The molecule has 2 N–H and O–H groups in total. The first-order valence-corrected chi connectivity index (χ1v) is 10.7. The van der Waals surface area contributed by atoms with Crippen LogP contribution in [0.5, 0.6) is 5.75 Å². The van der Waals surface area contributed by atoms with Gasteiger partial charge in [-0.3, -0.25) is 9.84 Å². The zero-order chi connectivity index (χ0) is 25.4. The lowest BCUT2D eigenvalue weighted by molar-refractivity contribution is -0.670. The molecule has 2 aromatic carbocycles. The van der Waals surface area contributed by atoms with Gasteiger partial charge in [0.15, 0.2) is 0 Å². The highest BCUT2D eigenvalue weighted by Crippen LogP contribution is 2.16. The van der Waals surface area contributed by atoms with Gasteiger partial charge in [0.05, 0.1) is 7.11 Å². The summed E-state index contributed by atoms with van der Waals surface area (Å²) in [6, 6.07) is 14.7. The van der Waals surface area contributed by atoms with Crippen molar-refractivity contribution in [3.05, 3.63) is 66.4 Å². The molecule has 11 nitrogen and oxygen atoms in total. The molecular formula is C24H27N4O7+. The van der Waals surface area contributed by atoms with Crippen molar-refractivity contribution in [1.82, 2.24) is 10.6 Å². The molecule has 0 spiro atoms. The first-order valence-electron chi connectivity index (χ1n) is 10.7. The minimum atomic E-state index is -0.951. The van der Waals surface area contributed by atoms with Crippen LogP contribution >= 0.6 is 0 Å². The molecule has 0 radical (unpaired) electrons. The average molecular weight is 484 g/mol. The zero-order valence-corrected chi connectivity index (χ0v) is 19.8. The molecule has 184 valence electrons. The summed E-state index contributed by atoms with van der Waals surface area (Å²) in [6.07, 6.45) is 0.152. The summed E-state index contributed by atoms with van der Waals surface area (Å²) in [4.78, 5) is 36.4. The van der Waals surface area contributed by atoms with Crippen LogP contribution in [0.2, 0.25) is 0 Å². The number of amides is 2. The lowest BCUT2D eigenvalue weighted by Gasteiger charge is -2.22. The van der Waals surface area contributed by atoms with Gasteiger partial charge in [0.25, 0.3) is 6.20 Å². The van der Waals surface area contributed by atoms with Crippen LogP contribution in [0.15, 0.2) is 65.3 Å². The monoisotopic (exact) mass is 483 g/mol. The van der Waals surface area contributed by atoms with Crippen LogP contribution in [0.4, 0.5) is 15.5 Å². The molecule has 0 aliphatic heterocycles. The van der Waals surface area contributed by atoms with Crippen LogP contribution in [0.1, 0.15) is 26.3 Å². The number of ether oxygens (including phenoxy) is 3. The van der Waals surface area contributed by atoms with E-state index in [1.54, 1.807) is 45.0 Å². The van der Waals surface area contributed by atoms with Gasteiger partial charge >= 0.3 is 24.0 Å². The van der Waals surface area contributed by atoms with Crippen molar-refractivity contribution in [2.75, 3.05) is 12.4 Å². The number of aromatic nitrogens is 2. The molecule has 1 atom stereocenters. The summed E-state index contributed by atoms with van der Waals surface area (Å²) in [6.45, 7) is 5.16. The maximum absolute atomic E-state index is 12.2. The van der Waals surface area contributed by atoms with E-state index in [4.69, 9.17) is 18.7 Å². The average Bonchev–Trinajstić information content (AvgIpc) is 3.27. The molecule has 3 aromatic rings. The normalized spacial score (nSPS) is 11.8. The van der Waals surface area contributed by atoms with E-state index in [0.717, 1.165) is 5.69 Å². The van der Waals surface area contributed by atoms with E-state index in [1.807, 2.05) is 30.3 Å². The van der Waals surface area contributed by atoms with E-state index >= 15 is 0 Å². The molecule has 0 bridgehead atoms. The second kappa shape index (κ2) is 11.1. The Bertz CT molecular complexity index is 1150. The summed E-state index contributed by atoms with van der Waals surface area (Å²) < 4.78 is 21.8. The lowest BCUT2D eigenvalue weighted by Crippen LogP contribution is -2.45. The molecule has 0 saturated carbocycles. The zero-order valence-electron chi connectivity index (χ0n) is 19.8. The van der Waals surface area contributed by atoms with E-state index in [1.165, 1.54) is 18.0 Å². The van der Waals surface area contributed by atoms with Gasteiger partial charge in [0.1, 0.15) is 17.4 Å². The SMILES string of the molecule is COC(=O)[C@H](Cc1ccc(OC(=O)Nc2c[n+](-c3ccccc3)no2)cc1)NC(=O)OC(C)(C)C. The number of methoxy groups -OCH3 is 1. The Kier molecular flexibility index (Phi) is 8.03. The standard InChI is InChI=1S/C24H26N4O7/c1-24(2,3)34-23(31)25-19(21(29)32-4)14-16-10-12-18(13-11-16)33-22(30)26-20-15-28(27-35-20)17-8-6-5-7-9-17/h5-13,15,19H,14H2,1-4H3,(H-,25,26,27,30,31)/p+1/t19-/m0/s1. The van der Waals surface area contributed by atoms with Crippen molar-refractivity contribution in [3.63, 3.8) is 0 Å². The van der Waals surface area contributed by atoms with Crippen molar-refractivity contribution in [3.8, 4) is 11.4 Å². The maximum atomic E-state index is 12.2. The van der Waals surface area contributed by atoms with E-state index in [0.29, 0.717) is 5.56 Å². The van der Waals surface area contributed by atoms with Crippen molar-refractivity contribution in [1.29, 1.82) is 0 Å². The van der Waals surface area contributed by atoms with E-state index in [2.05, 4.69) is 15.9 Å². The molecule has 35 heavy (non-hydrogen) atoms. The van der Waals surface area contributed by atoms with Gasteiger partial charge in [-0.25, -0.2) is 14.4 Å². The van der Waals surface area contributed by atoms with Gasteiger partial charge in [-0.05, 0) is 43.1 Å². The summed E-state index contributed by atoms with van der Waals surface area (Å²) >= 11 is 0. The van der Waals surface area contributed by atoms with Crippen LogP contribution in [0.3, 0.4) is 0 Å². The fourth-order valence-electron chi connectivity index (χ4n) is 2.95. The molecule has 11 heteroatoms. The fourth-order valence-corrected chi connectivity index (χ4v) is 2.95. The highest BCUT2D eigenvalue weighted by Gasteiger charge is 2.25. The number of rotatable bonds is 7. The summed E-state index contributed by atoms with van der Waals surface area (Å²) in [7, 11) is 1.23. The van der Waals surface area contributed by atoms with Crippen LogP contribution in [0, 0.1) is 0 Å². The number of hydrogen-bond acceptors (Lipinski definition) is 8. The quantitative estimate of drug-likeness (QED) is 0.387. The second-order valence-electron chi connectivity index (χ2n) is 8.43. The topological polar surface area (TPSA) is 133 Å². The Hall–Kier alpha value is -4.41. The van der Waals surface area contributed by atoms with Gasteiger partial charge in [-0.2, -0.15) is 0 Å². The number of nitrogens with zero attached hydrogens (tertiary/aromatic N) is 2. The highest BCUT2D eigenvalue weighted by molar-refractivity contribution is 5.84. The smallest absolute Gasteiger partial charge is 0.419 e. The first-order chi connectivity index (χ1) is 16.6. The largest absolute Gasteiger partial charge is 0.467 e. The van der Waals surface area contributed by atoms with E-state index < -0.39 is 29.8 Å². The number of nitrogens with one attached hydrogen (secondary N) is 2. The molecule has 1 heterocycles. The minimum Gasteiger partial charge on any atom is -0.467 e. The van der Waals surface area contributed by atoms with Gasteiger partial charge in [0, 0.05) is 18.6 Å². The van der Waals surface area contributed by atoms with Crippen molar-refractivity contribution in [2.24, 2.45) is 0 Å². The van der Waals surface area contributed by atoms with Gasteiger partial charge < -0.3 is 19.5 Å². The van der Waals surface area contributed by atoms with E-state index in [-0.39, 0.29) is 18.1 Å². The second-order valence-corrected chi connectivity index (χ2v) is 8.43. The number of alkyl carbamates (subject to hydrolysis) is 1. The van der Waals surface area contributed by atoms with Gasteiger partial charge in [0.2, 0.25) is 11.0 Å². The minimum absolute atomic E-state index is 0.101. The summed E-state index contributed by atoms with van der Waals surface area (Å²) in [5.74, 6) is -0.253. The maximum Gasteiger partial charge on any atom is 0.419 e. The van der Waals surface area contributed by atoms with Crippen LogP contribution < -0.4 is 20.1 Å². The number of para-hydroxylation sites is 1. The Labute approximate surface area is 201 Å². The number of carbonyl (C=O) groups excluding carboxylic acids is 3. The first kappa shape index (κ1) is 25.2. The molecule has 2 amide bonds. The van der Waals surface area contributed by atoms with Crippen molar-refractivity contribution >= 4 is 24.0 Å². The van der Waals surface area contributed by atoms with Crippen molar-refractivity contribution in [2.45, 2.75) is 38.8 Å². The molecule has 3 rings (SSSR count). The van der Waals surface area contributed by atoms with Crippen molar-refractivity contribution < 1.29 is 37.8 Å². The number of benzene rings is 2. The predicted octanol–water partition coefficient (Wildman–Crippen LogP) is 3.17. The van der Waals surface area contributed by atoms with E-state index in [9.17, 15) is 14.4 Å². The number of hydrogen-bond donors (Lipinski definition) is 2. The van der Waals surface area contributed by atoms with Crippen LogP contribution in [-0.4, -0.2) is 42.2 Å². The van der Waals surface area contributed by atoms with Crippen LogP contribution in [0.25, 0.3) is 5.69 Å². The number of esters is 1. The third-order valence-corrected chi connectivity index (χ3v) is 4.46.